The van der Waals surface area contributed by atoms with Crippen molar-refractivity contribution in [3.63, 3.8) is 0 Å². The fourth-order valence-corrected chi connectivity index (χ4v) is 4.10. The van der Waals surface area contributed by atoms with Crippen molar-refractivity contribution in [3.05, 3.63) is 65.0 Å². The molecule has 1 heterocycles. The molecular weight excluding hydrogens is 396 g/mol. The molecule has 0 bridgehead atoms. The Labute approximate surface area is 181 Å². The molecule has 3 rings (SSSR count). The molecule has 3 aromatic rings. The number of nitrogens with zero attached hydrogens (tertiary/aromatic N) is 1. The molecule has 0 spiro atoms. The van der Waals surface area contributed by atoms with Crippen molar-refractivity contribution in [2.75, 3.05) is 25.0 Å². The molecule has 7 heteroatoms. The van der Waals surface area contributed by atoms with Crippen LogP contribution in [0, 0.1) is 0 Å². The zero-order valence-electron chi connectivity index (χ0n) is 17.3. The number of carbonyl (C=O) groups excluding carboxylic acids is 1. The van der Waals surface area contributed by atoms with Gasteiger partial charge in [0.1, 0.15) is 6.10 Å². The number of rotatable bonds is 8. The average molecular weight is 425 g/mol. The second-order valence-electron chi connectivity index (χ2n) is 6.98. The quantitative estimate of drug-likeness (QED) is 0.328. The molecule has 0 aliphatic carbocycles. The molecule has 1 aromatic heterocycles. The third-order valence-corrected chi connectivity index (χ3v) is 5.74. The number of carbonyl (C=O) groups is 1. The highest BCUT2D eigenvalue weighted by Gasteiger charge is 2.11. The largest absolute Gasteiger partial charge is 0.386 e. The highest BCUT2D eigenvalue weighted by atomic mass is 32.1. The minimum absolute atomic E-state index is 0.0752. The minimum Gasteiger partial charge on any atom is -0.386 e. The number of aliphatic imine (C=N–C) groups is 1. The van der Waals surface area contributed by atoms with Gasteiger partial charge in [0.15, 0.2) is 5.96 Å². The molecule has 6 nitrogen and oxygen atoms in total. The van der Waals surface area contributed by atoms with Gasteiger partial charge in [-0.1, -0.05) is 30.3 Å². The lowest BCUT2D eigenvalue weighted by Gasteiger charge is -2.13. The van der Waals surface area contributed by atoms with Gasteiger partial charge in [0.2, 0.25) is 5.91 Å². The van der Waals surface area contributed by atoms with Crippen molar-refractivity contribution in [3.8, 4) is 0 Å². The first-order chi connectivity index (χ1) is 14.5. The molecule has 0 saturated carbocycles. The van der Waals surface area contributed by atoms with Crippen LogP contribution in [0.15, 0.2) is 59.6 Å². The first-order valence-electron chi connectivity index (χ1n) is 10.1. The number of thiophene rings is 1. The van der Waals surface area contributed by atoms with Gasteiger partial charge in [-0.05, 0) is 48.6 Å². The molecule has 4 N–H and O–H groups in total. The van der Waals surface area contributed by atoms with Crippen molar-refractivity contribution < 1.29 is 9.90 Å². The molecule has 0 aliphatic rings. The lowest BCUT2D eigenvalue weighted by molar-refractivity contribution is -0.114. The molecule has 0 fully saturated rings. The molecule has 2 aromatic carbocycles. The third kappa shape index (κ3) is 6.30. The Morgan fingerprint density at radius 2 is 1.90 bits per heavy atom. The minimum atomic E-state index is -0.626. The first kappa shape index (κ1) is 21.8. The Morgan fingerprint density at radius 3 is 2.60 bits per heavy atom. The van der Waals surface area contributed by atoms with Gasteiger partial charge in [0.25, 0.3) is 0 Å². The highest BCUT2D eigenvalue weighted by Crippen LogP contribution is 2.29. The van der Waals surface area contributed by atoms with Gasteiger partial charge in [-0.3, -0.25) is 9.79 Å². The van der Waals surface area contributed by atoms with Gasteiger partial charge in [0, 0.05) is 35.3 Å². The van der Waals surface area contributed by atoms with Gasteiger partial charge in [-0.25, -0.2) is 0 Å². The van der Waals surface area contributed by atoms with Crippen LogP contribution in [-0.4, -0.2) is 36.6 Å². The maximum atomic E-state index is 11.1. The number of hydrogen-bond donors (Lipinski definition) is 4. The second-order valence-corrected chi connectivity index (χ2v) is 8.09. The predicted molar refractivity (Wildman–Crippen MR) is 125 cm³/mol. The molecule has 158 valence electrons. The molecule has 0 radical (unpaired) electrons. The van der Waals surface area contributed by atoms with Crippen LogP contribution in [0.2, 0.25) is 0 Å². The molecule has 1 amide bonds. The molecule has 1 unspecified atom stereocenters. The van der Waals surface area contributed by atoms with Crippen LogP contribution in [0.25, 0.3) is 10.1 Å². The Kier molecular flexibility index (Phi) is 7.82. The lowest BCUT2D eigenvalue weighted by Crippen LogP contribution is -2.38. The van der Waals surface area contributed by atoms with Gasteiger partial charge in [-0.15, -0.1) is 11.3 Å². The van der Waals surface area contributed by atoms with Crippen molar-refractivity contribution in [1.82, 2.24) is 10.6 Å². The number of fused-ring (bicyclic) bond motifs is 1. The van der Waals surface area contributed by atoms with E-state index in [-0.39, 0.29) is 5.91 Å². The third-order valence-electron chi connectivity index (χ3n) is 4.52. The van der Waals surface area contributed by atoms with Crippen molar-refractivity contribution in [2.45, 2.75) is 26.4 Å². The average Bonchev–Trinajstić information content (AvgIpc) is 3.17. The summed E-state index contributed by atoms with van der Waals surface area (Å²) in [7, 11) is 0. The highest BCUT2D eigenvalue weighted by molar-refractivity contribution is 7.19. The van der Waals surface area contributed by atoms with Crippen LogP contribution in [0.1, 0.15) is 30.4 Å². The van der Waals surface area contributed by atoms with E-state index in [4.69, 9.17) is 0 Å². The van der Waals surface area contributed by atoms with Gasteiger partial charge in [0.05, 0.1) is 6.54 Å². The summed E-state index contributed by atoms with van der Waals surface area (Å²) in [5.41, 5.74) is 1.96. The SMILES string of the molecule is CCNC(=NCC(O)c1cc2ccccc2s1)NCCc1ccc(NC(C)=O)cc1. The number of benzene rings is 2. The monoisotopic (exact) mass is 424 g/mol. The van der Waals surface area contributed by atoms with Crippen molar-refractivity contribution in [2.24, 2.45) is 4.99 Å². The molecule has 1 atom stereocenters. The van der Waals surface area contributed by atoms with E-state index in [2.05, 4.69) is 33.1 Å². The van der Waals surface area contributed by atoms with Gasteiger partial charge in [-0.2, -0.15) is 0 Å². The summed E-state index contributed by atoms with van der Waals surface area (Å²) in [4.78, 5) is 16.6. The van der Waals surface area contributed by atoms with Crippen LogP contribution in [0.4, 0.5) is 5.69 Å². The fraction of sp³-hybridized carbons (Fsp3) is 0.304. The Balaban J connectivity index is 1.53. The van der Waals surface area contributed by atoms with E-state index in [1.807, 2.05) is 49.4 Å². The van der Waals surface area contributed by atoms with Crippen LogP contribution in [0.3, 0.4) is 0 Å². The lowest BCUT2D eigenvalue weighted by atomic mass is 10.1. The molecular formula is C23H28N4O2S. The zero-order chi connectivity index (χ0) is 21.3. The molecule has 30 heavy (non-hydrogen) atoms. The van der Waals surface area contributed by atoms with E-state index in [9.17, 15) is 9.90 Å². The van der Waals surface area contributed by atoms with E-state index in [0.717, 1.165) is 34.5 Å². The number of aliphatic hydroxyl groups is 1. The first-order valence-corrected chi connectivity index (χ1v) is 10.9. The summed E-state index contributed by atoms with van der Waals surface area (Å²) in [5, 5.41) is 21.0. The van der Waals surface area contributed by atoms with Crippen LogP contribution >= 0.6 is 11.3 Å². The maximum absolute atomic E-state index is 11.1. The Morgan fingerprint density at radius 1 is 1.13 bits per heavy atom. The van der Waals surface area contributed by atoms with Gasteiger partial charge < -0.3 is 21.1 Å². The topological polar surface area (TPSA) is 85.8 Å². The summed E-state index contributed by atoms with van der Waals surface area (Å²) in [6.07, 6.45) is 0.197. The summed E-state index contributed by atoms with van der Waals surface area (Å²) >= 11 is 1.60. The van der Waals surface area contributed by atoms with E-state index in [0.29, 0.717) is 19.0 Å². The van der Waals surface area contributed by atoms with Crippen LogP contribution in [0.5, 0.6) is 0 Å². The normalized spacial score (nSPS) is 12.6. The van der Waals surface area contributed by atoms with Crippen molar-refractivity contribution >= 4 is 39.0 Å². The van der Waals surface area contributed by atoms with E-state index < -0.39 is 6.10 Å². The summed E-state index contributed by atoms with van der Waals surface area (Å²) in [6.45, 7) is 5.27. The second kappa shape index (κ2) is 10.8. The Hall–Kier alpha value is -2.90. The van der Waals surface area contributed by atoms with E-state index in [1.165, 1.54) is 11.6 Å². The number of guanidine groups is 1. The van der Waals surface area contributed by atoms with E-state index >= 15 is 0 Å². The van der Waals surface area contributed by atoms with Crippen LogP contribution in [-0.2, 0) is 11.2 Å². The number of nitrogens with one attached hydrogen (secondary N) is 3. The number of aliphatic hydroxyl groups excluding tert-OH is 1. The maximum Gasteiger partial charge on any atom is 0.221 e. The number of amides is 1. The van der Waals surface area contributed by atoms with Crippen molar-refractivity contribution in [1.29, 1.82) is 0 Å². The number of anilines is 1. The standard InChI is InChI=1S/C23H28N4O2S/c1-3-24-23(25-13-12-17-8-10-19(11-9-17)27-16(2)28)26-15-20(29)22-14-18-6-4-5-7-21(18)30-22/h4-11,14,20,29H,3,12-13,15H2,1-2H3,(H,27,28)(H2,24,25,26). The van der Waals surface area contributed by atoms with Gasteiger partial charge >= 0.3 is 0 Å². The molecule has 0 aliphatic heterocycles. The smallest absolute Gasteiger partial charge is 0.221 e. The fourth-order valence-electron chi connectivity index (χ4n) is 3.06. The predicted octanol–water partition coefficient (Wildman–Crippen LogP) is 3.69. The Bertz CT molecular complexity index is 965. The van der Waals surface area contributed by atoms with E-state index in [1.54, 1.807) is 11.3 Å². The van der Waals surface area contributed by atoms with Crippen LogP contribution < -0.4 is 16.0 Å². The summed E-state index contributed by atoms with van der Waals surface area (Å²) < 4.78 is 1.17. The summed E-state index contributed by atoms with van der Waals surface area (Å²) in [6, 6.07) is 18.0. The number of hydrogen-bond acceptors (Lipinski definition) is 4. The zero-order valence-corrected chi connectivity index (χ0v) is 18.1. The molecule has 0 saturated heterocycles. The summed E-state index contributed by atoms with van der Waals surface area (Å²) in [5.74, 6) is 0.612.